The molecule has 0 saturated heterocycles. The number of nitrogens with zero attached hydrogens (tertiary/aromatic N) is 2. The third-order valence-electron chi connectivity index (χ3n) is 2.54. The molecule has 3 N–H and O–H groups in total. The Hall–Kier alpha value is -1.66. The van der Waals surface area contributed by atoms with E-state index in [1.54, 1.807) is 30.2 Å². The Morgan fingerprint density at radius 1 is 1.56 bits per heavy atom. The number of hydrogen-bond acceptors (Lipinski definition) is 5. The van der Waals surface area contributed by atoms with Crippen LogP contribution in [0, 0.1) is 0 Å². The third-order valence-corrected chi connectivity index (χ3v) is 2.54. The van der Waals surface area contributed by atoms with Crippen molar-refractivity contribution in [2.45, 2.75) is 19.9 Å². The summed E-state index contributed by atoms with van der Waals surface area (Å²) in [7, 11) is 1.61. The lowest BCUT2D eigenvalue weighted by molar-refractivity contribution is 0.0629. The number of pyridine rings is 1. The number of anilines is 1. The maximum Gasteiger partial charge on any atom is 0.272 e. The van der Waals surface area contributed by atoms with Gasteiger partial charge in [0.2, 0.25) is 0 Å². The summed E-state index contributed by atoms with van der Waals surface area (Å²) in [4.78, 5) is 18.1. The lowest BCUT2D eigenvalue weighted by atomic mass is 10.2. The van der Waals surface area contributed by atoms with E-state index in [0.717, 1.165) is 0 Å². The van der Waals surface area contributed by atoms with Crippen molar-refractivity contribution < 1.29 is 9.53 Å². The van der Waals surface area contributed by atoms with Crippen molar-refractivity contribution in [1.82, 2.24) is 9.88 Å². The Morgan fingerprint density at radius 2 is 2.28 bits per heavy atom. The van der Waals surface area contributed by atoms with Crippen LogP contribution in [0.15, 0.2) is 18.2 Å². The van der Waals surface area contributed by atoms with Gasteiger partial charge in [-0.15, -0.1) is 0 Å². The number of rotatable bonds is 6. The molecule has 1 aromatic rings. The Balaban J connectivity index is 2.87. The van der Waals surface area contributed by atoms with Gasteiger partial charge in [-0.25, -0.2) is 10.8 Å². The van der Waals surface area contributed by atoms with E-state index in [-0.39, 0.29) is 11.9 Å². The molecule has 100 valence electrons. The predicted octanol–water partition coefficient (Wildman–Crippen LogP) is 0.864. The monoisotopic (exact) mass is 252 g/mol. The average Bonchev–Trinajstić information content (AvgIpc) is 2.38. The van der Waals surface area contributed by atoms with Gasteiger partial charge in [-0.05, 0) is 26.0 Å². The molecule has 0 bridgehead atoms. The van der Waals surface area contributed by atoms with Crippen molar-refractivity contribution in [3.05, 3.63) is 23.9 Å². The number of nitrogen functional groups attached to an aromatic ring is 1. The van der Waals surface area contributed by atoms with Crippen LogP contribution >= 0.6 is 0 Å². The van der Waals surface area contributed by atoms with Crippen LogP contribution in [0.3, 0.4) is 0 Å². The first-order valence-corrected chi connectivity index (χ1v) is 5.83. The molecule has 1 amide bonds. The fraction of sp³-hybridized carbons (Fsp3) is 0.500. The van der Waals surface area contributed by atoms with Gasteiger partial charge in [0, 0.05) is 19.7 Å². The van der Waals surface area contributed by atoms with E-state index in [2.05, 4.69) is 10.4 Å². The number of aromatic nitrogens is 1. The molecule has 1 aromatic heterocycles. The third kappa shape index (κ3) is 3.68. The van der Waals surface area contributed by atoms with Crippen LogP contribution < -0.4 is 11.3 Å². The van der Waals surface area contributed by atoms with Gasteiger partial charge in [0.15, 0.2) is 0 Å². The topological polar surface area (TPSA) is 80.5 Å². The molecule has 1 heterocycles. The zero-order valence-electron chi connectivity index (χ0n) is 11.0. The van der Waals surface area contributed by atoms with Gasteiger partial charge in [-0.2, -0.15) is 0 Å². The number of methoxy groups -OCH3 is 1. The molecule has 0 radical (unpaired) electrons. The largest absolute Gasteiger partial charge is 0.383 e. The maximum atomic E-state index is 12.3. The molecular weight excluding hydrogens is 232 g/mol. The predicted molar refractivity (Wildman–Crippen MR) is 70.1 cm³/mol. The number of nitrogens with one attached hydrogen (secondary N) is 1. The normalized spacial score (nSPS) is 10.5. The van der Waals surface area contributed by atoms with Gasteiger partial charge in [-0.3, -0.25) is 4.79 Å². The van der Waals surface area contributed by atoms with Crippen LogP contribution in [-0.2, 0) is 4.74 Å². The lowest BCUT2D eigenvalue weighted by Gasteiger charge is -2.26. The van der Waals surface area contributed by atoms with Crippen LogP contribution in [0.1, 0.15) is 24.3 Å². The minimum absolute atomic E-state index is 0.0870. The molecule has 6 heteroatoms. The standard InChI is InChI=1S/C12H20N4O2/c1-9(2)16(7-8-18-3)12(17)10-5-4-6-11(14-10)15-13/h4-6,9H,7-8,13H2,1-3H3,(H,14,15). The van der Waals surface area contributed by atoms with Gasteiger partial charge < -0.3 is 15.1 Å². The Labute approximate surface area is 107 Å². The highest BCUT2D eigenvalue weighted by molar-refractivity contribution is 5.92. The summed E-state index contributed by atoms with van der Waals surface area (Å²) in [6, 6.07) is 5.20. The summed E-state index contributed by atoms with van der Waals surface area (Å²) in [5.74, 6) is 5.62. The minimum Gasteiger partial charge on any atom is -0.383 e. The second-order valence-electron chi connectivity index (χ2n) is 4.14. The van der Waals surface area contributed by atoms with E-state index in [1.807, 2.05) is 13.8 Å². The Bertz CT molecular complexity index is 395. The number of ether oxygens (including phenoxy) is 1. The van der Waals surface area contributed by atoms with Gasteiger partial charge in [0.1, 0.15) is 11.5 Å². The second kappa shape index (κ2) is 6.93. The average molecular weight is 252 g/mol. The minimum atomic E-state index is -0.126. The molecule has 0 unspecified atom stereocenters. The van der Waals surface area contributed by atoms with Gasteiger partial charge >= 0.3 is 0 Å². The molecule has 0 saturated carbocycles. The highest BCUT2D eigenvalue weighted by Crippen LogP contribution is 2.09. The summed E-state index contributed by atoms with van der Waals surface area (Å²) < 4.78 is 5.01. The number of carbonyl (C=O) groups excluding carboxylic acids is 1. The lowest BCUT2D eigenvalue weighted by Crippen LogP contribution is -2.39. The first-order valence-electron chi connectivity index (χ1n) is 5.83. The van der Waals surface area contributed by atoms with Crippen LogP contribution in [0.5, 0.6) is 0 Å². The smallest absolute Gasteiger partial charge is 0.272 e. The molecule has 0 aliphatic carbocycles. The zero-order valence-corrected chi connectivity index (χ0v) is 11.0. The summed E-state index contributed by atoms with van der Waals surface area (Å²) in [6.45, 7) is 4.95. The van der Waals surface area contributed by atoms with E-state index in [4.69, 9.17) is 10.6 Å². The van der Waals surface area contributed by atoms with E-state index in [1.165, 1.54) is 0 Å². The van der Waals surface area contributed by atoms with Gasteiger partial charge in [0.25, 0.3) is 5.91 Å². The quantitative estimate of drug-likeness (QED) is 0.580. The second-order valence-corrected chi connectivity index (χ2v) is 4.14. The van der Waals surface area contributed by atoms with Crippen LogP contribution in [0.25, 0.3) is 0 Å². The number of nitrogens with two attached hydrogens (primary N) is 1. The van der Waals surface area contributed by atoms with Gasteiger partial charge in [-0.1, -0.05) is 6.07 Å². The van der Waals surface area contributed by atoms with Crippen molar-refractivity contribution >= 4 is 11.7 Å². The summed E-state index contributed by atoms with van der Waals surface area (Å²) >= 11 is 0. The molecule has 0 fully saturated rings. The number of hydrazine groups is 1. The summed E-state index contributed by atoms with van der Waals surface area (Å²) in [6.07, 6.45) is 0. The molecular formula is C12H20N4O2. The van der Waals surface area contributed by atoms with E-state index >= 15 is 0 Å². The van der Waals surface area contributed by atoms with Crippen molar-refractivity contribution in [2.75, 3.05) is 25.7 Å². The van der Waals surface area contributed by atoms with Crippen molar-refractivity contribution in [1.29, 1.82) is 0 Å². The van der Waals surface area contributed by atoms with Crippen LogP contribution in [0.2, 0.25) is 0 Å². The first kappa shape index (κ1) is 14.4. The highest BCUT2D eigenvalue weighted by atomic mass is 16.5. The first-order chi connectivity index (χ1) is 8.60. The SMILES string of the molecule is COCCN(C(=O)c1cccc(NN)n1)C(C)C. The summed E-state index contributed by atoms with van der Waals surface area (Å²) in [5.41, 5.74) is 2.80. The number of carbonyl (C=O) groups is 1. The molecule has 0 aliphatic rings. The molecule has 0 spiro atoms. The highest BCUT2D eigenvalue weighted by Gasteiger charge is 2.19. The molecule has 0 atom stereocenters. The summed E-state index contributed by atoms with van der Waals surface area (Å²) in [5, 5.41) is 0. The number of amides is 1. The van der Waals surface area contributed by atoms with Crippen molar-refractivity contribution in [2.24, 2.45) is 5.84 Å². The molecule has 18 heavy (non-hydrogen) atoms. The Morgan fingerprint density at radius 3 is 2.83 bits per heavy atom. The van der Waals surface area contributed by atoms with Gasteiger partial charge in [0.05, 0.1) is 6.61 Å². The number of hydrogen-bond donors (Lipinski definition) is 2. The van der Waals surface area contributed by atoms with Crippen LogP contribution in [-0.4, -0.2) is 42.1 Å². The molecule has 1 rings (SSSR count). The fourth-order valence-corrected chi connectivity index (χ4v) is 1.57. The van der Waals surface area contributed by atoms with Crippen molar-refractivity contribution in [3.63, 3.8) is 0 Å². The zero-order chi connectivity index (χ0) is 13.5. The van der Waals surface area contributed by atoms with E-state index < -0.39 is 0 Å². The molecule has 0 aromatic carbocycles. The molecule has 6 nitrogen and oxygen atoms in total. The van der Waals surface area contributed by atoms with Crippen LogP contribution in [0.4, 0.5) is 5.82 Å². The Kier molecular flexibility index (Phi) is 5.54. The van der Waals surface area contributed by atoms with E-state index in [9.17, 15) is 4.79 Å². The fourth-order valence-electron chi connectivity index (χ4n) is 1.57. The maximum absolute atomic E-state index is 12.3. The molecule has 0 aliphatic heterocycles. The van der Waals surface area contributed by atoms with Crippen molar-refractivity contribution in [3.8, 4) is 0 Å². The van der Waals surface area contributed by atoms with E-state index in [0.29, 0.717) is 24.7 Å².